The first kappa shape index (κ1) is 50.6. The molecule has 14 heteroatoms. The minimum Gasteiger partial charge on any atom is -0.449 e. The molecule has 0 heterocycles. The smallest absolute Gasteiger partial charge is 0.407 e. The summed E-state index contributed by atoms with van der Waals surface area (Å²) in [6, 6.07) is 16.6. The van der Waals surface area contributed by atoms with Crippen LogP contribution in [0.15, 0.2) is 48.5 Å². The van der Waals surface area contributed by atoms with Crippen molar-refractivity contribution in [2.24, 2.45) is 0 Å². The van der Waals surface area contributed by atoms with Gasteiger partial charge in [-0.15, -0.1) is 0 Å². The number of hydrogen-bond donors (Lipinski definition) is 1. The summed E-state index contributed by atoms with van der Waals surface area (Å²) in [5, 5.41) is 2.81. The van der Waals surface area contributed by atoms with Crippen LogP contribution in [0.1, 0.15) is 62.5 Å². The minimum atomic E-state index is -0.414. The molecule has 0 spiro atoms. The molecular weight excluding hydrogens is 762 g/mol. The number of rotatable bonds is 42. The average molecular weight is 836 g/mol. The first-order valence-corrected chi connectivity index (χ1v) is 21.7. The number of amides is 1. The highest BCUT2D eigenvalue weighted by Gasteiger charge is 2.28. The van der Waals surface area contributed by atoms with Gasteiger partial charge in [0.15, 0.2) is 0 Å². The highest BCUT2D eigenvalue weighted by atomic mass is 16.6. The largest absolute Gasteiger partial charge is 0.449 e. The number of nitrogens with one attached hydrogen (secondary N) is 1. The Kier molecular flexibility index (Phi) is 31.8. The number of carbonyl (C=O) groups excluding carboxylic acids is 1. The molecule has 0 aromatic heterocycles. The van der Waals surface area contributed by atoms with Gasteiger partial charge < -0.3 is 62.2 Å². The summed E-state index contributed by atoms with van der Waals surface area (Å²) in [6.07, 6.45) is 6.53. The molecule has 3 rings (SSSR count). The molecule has 1 N–H and O–H groups in total. The summed E-state index contributed by atoms with van der Waals surface area (Å²) in [4.78, 5) is 12.3. The first-order chi connectivity index (χ1) is 29.3. The number of benzene rings is 2. The molecule has 2 aromatic carbocycles. The summed E-state index contributed by atoms with van der Waals surface area (Å²) in [5.41, 5.74) is 4.81. The van der Waals surface area contributed by atoms with Crippen LogP contribution in [0, 0.1) is 0 Å². The van der Waals surface area contributed by atoms with Gasteiger partial charge in [-0.1, -0.05) is 81.1 Å². The maximum atomic E-state index is 12.3. The Labute approximate surface area is 353 Å². The van der Waals surface area contributed by atoms with Crippen molar-refractivity contribution in [2.75, 3.05) is 159 Å². The fraction of sp³-hybridized carbons (Fsp3) is 0.711. The molecular formula is C45H73NO13. The normalized spacial score (nSPS) is 12.2. The van der Waals surface area contributed by atoms with Crippen LogP contribution < -0.4 is 5.32 Å². The number of fused-ring (bicyclic) bond motifs is 3. The molecule has 1 aliphatic carbocycles. The van der Waals surface area contributed by atoms with E-state index in [0.29, 0.717) is 158 Å². The van der Waals surface area contributed by atoms with Gasteiger partial charge in [0.25, 0.3) is 0 Å². The molecule has 0 saturated heterocycles. The van der Waals surface area contributed by atoms with E-state index in [1.807, 2.05) is 24.3 Å². The molecule has 2 aromatic rings. The topological polar surface area (TPSA) is 140 Å². The number of unbranched alkanes of at least 4 members (excludes halogenated alkanes) is 4. The van der Waals surface area contributed by atoms with E-state index >= 15 is 0 Å². The Balaban J connectivity index is 0.923. The van der Waals surface area contributed by atoms with E-state index < -0.39 is 6.09 Å². The lowest BCUT2D eigenvalue weighted by atomic mass is 9.98. The SMILES string of the molecule is CCCCCCCOCCOCCOCCOCCOCCOCCOCCOCCOCCOCCOCCCNC(=O)OCC1c2ccccc2-c2ccccc21. The molecule has 0 fully saturated rings. The standard InChI is InChI=1S/C45H73NO13/c1-2-3-4-5-10-17-48-19-21-50-23-25-52-27-29-54-31-33-56-35-37-58-38-36-57-34-32-55-30-28-53-26-24-51-22-20-49-18-11-16-46-45(47)59-39-44-42-14-8-6-12-40(42)41-13-7-9-15-43(41)44/h6-9,12-15,44H,2-5,10-11,16-39H2,1H3,(H,46,47). The second kappa shape index (κ2) is 37.1. The Morgan fingerprint density at radius 2 is 0.746 bits per heavy atom. The van der Waals surface area contributed by atoms with Gasteiger partial charge in [0.05, 0.1) is 132 Å². The van der Waals surface area contributed by atoms with Crippen molar-refractivity contribution in [3.05, 3.63) is 59.7 Å². The molecule has 0 saturated carbocycles. The zero-order valence-corrected chi connectivity index (χ0v) is 35.7. The van der Waals surface area contributed by atoms with Crippen LogP contribution >= 0.6 is 0 Å². The number of hydrogen-bond acceptors (Lipinski definition) is 13. The Morgan fingerprint density at radius 3 is 1.12 bits per heavy atom. The average Bonchev–Trinajstić information content (AvgIpc) is 3.58. The lowest BCUT2D eigenvalue weighted by molar-refractivity contribution is -0.0275. The van der Waals surface area contributed by atoms with Crippen molar-refractivity contribution < 1.29 is 61.6 Å². The van der Waals surface area contributed by atoms with Gasteiger partial charge in [-0.25, -0.2) is 4.79 Å². The van der Waals surface area contributed by atoms with Crippen molar-refractivity contribution in [3.8, 4) is 11.1 Å². The zero-order valence-electron chi connectivity index (χ0n) is 35.7. The van der Waals surface area contributed by atoms with Gasteiger partial charge in [0, 0.05) is 25.7 Å². The number of ether oxygens (including phenoxy) is 12. The van der Waals surface area contributed by atoms with E-state index in [-0.39, 0.29) is 5.92 Å². The van der Waals surface area contributed by atoms with Crippen molar-refractivity contribution in [2.45, 2.75) is 51.4 Å². The summed E-state index contributed by atoms with van der Waals surface area (Å²) in [6.45, 7) is 14.7. The van der Waals surface area contributed by atoms with E-state index in [1.54, 1.807) is 0 Å². The lowest BCUT2D eigenvalue weighted by Crippen LogP contribution is -2.27. The molecule has 0 radical (unpaired) electrons. The van der Waals surface area contributed by atoms with Gasteiger partial charge in [-0.05, 0) is 35.1 Å². The van der Waals surface area contributed by atoms with Crippen LogP contribution in [0.5, 0.6) is 0 Å². The molecule has 0 atom stereocenters. The molecule has 0 unspecified atom stereocenters. The maximum Gasteiger partial charge on any atom is 0.407 e. The fourth-order valence-corrected chi connectivity index (χ4v) is 6.12. The van der Waals surface area contributed by atoms with E-state index in [9.17, 15) is 4.79 Å². The third-order valence-electron chi connectivity index (χ3n) is 9.19. The molecule has 336 valence electrons. The third-order valence-corrected chi connectivity index (χ3v) is 9.19. The Morgan fingerprint density at radius 1 is 0.424 bits per heavy atom. The highest BCUT2D eigenvalue weighted by Crippen LogP contribution is 2.44. The lowest BCUT2D eigenvalue weighted by Gasteiger charge is -2.14. The van der Waals surface area contributed by atoms with Gasteiger partial charge in [0.1, 0.15) is 6.61 Å². The van der Waals surface area contributed by atoms with E-state index in [1.165, 1.54) is 47.9 Å². The monoisotopic (exact) mass is 836 g/mol. The molecule has 14 nitrogen and oxygen atoms in total. The second-order valence-electron chi connectivity index (χ2n) is 13.8. The molecule has 59 heavy (non-hydrogen) atoms. The van der Waals surface area contributed by atoms with Crippen molar-refractivity contribution in [3.63, 3.8) is 0 Å². The van der Waals surface area contributed by atoms with Gasteiger partial charge in [0.2, 0.25) is 0 Å². The Hall–Kier alpha value is -2.73. The summed E-state index contributed by atoms with van der Waals surface area (Å²) in [5.74, 6) is 0.0497. The predicted octanol–water partition coefficient (Wildman–Crippen LogP) is 6.07. The predicted molar refractivity (Wildman–Crippen MR) is 225 cm³/mol. The summed E-state index contributed by atoms with van der Waals surface area (Å²) in [7, 11) is 0. The van der Waals surface area contributed by atoms with Crippen molar-refractivity contribution >= 4 is 6.09 Å². The van der Waals surface area contributed by atoms with Crippen LogP contribution in [0.4, 0.5) is 4.79 Å². The van der Waals surface area contributed by atoms with Gasteiger partial charge >= 0.3 is 6.09 Å². The number of carbonyl (C=O) groups is 1. The third kappa shape index (κ3) is 25.6. The molecule has 1 amide bonds. The minimum absolute atomic E-state index is 0.0497. The van der Waals surface area contributed by atoms with Gasteiger partial charge in [-0.3, -0.25) is 0 Å². The fourth-order valence-electron chi connectivity index (χ4n) is 6.12. The number of alkyl carbamates (subject to hydrolysis) is 1. The van der Waals surface area contributed by atoms with Crippen LogP contribution in [-0.4, -0.2) is 165 Å². The first-order valence-electron chi connectivity index (χ1n) is 21.7. The van der Waals surface area contributed by atoms with Gasteiger partial charge in [-0.2, -0.15) is 0 Å². The summed E-state index contributed by atoms with van der Waals surface area (Å²) >= 11 is 0. The second-order valence-corrected chi connectivity index (χ2v) is 13.8. The van der Waals surface area contributed by atoms with Crippen LogP contribution in [0.3, 0.4) is 0 Å². The molecule has 1 aliphatic rings. The van der Waals surface area contributed by atoms with E-state index in [2.05, 4.69) is 36.5 Å². The summed E-state index contributed by atoms with van der Waals surface area (Å²) < 4.78 is 66.4. The highest BCUT2D eigenvalue weighted by molar-refractivity contribution is 5.79. The Bertz CT molecular complexity index is 1230. The van der Waals surface area contributed by atoms with Crippen molar-refractivity contribution in [1.29, 1.82) is 0 Å². The molecule has 0 aliphatic heterocycles. The molecule has 0 bridgehead atoms. The van der Waals surface area contributed by atoms with E-state index in [0.717, 1.165) is 13.0 Å². The van der Waals surface area contributed by atoms with Crippen LogP contribution in [-0.2, 0) is 56.8 Å². The van der Waals surface area contributed by atoms with Crippen LogP contribution in [0.2, 0.25) is 0 Å². The quantitative estimate of drug-likeness (QED) is 0.0776. The van der Waals surface area contributed by atoms with Crippen molar-refractivity contribution in [1.82, 2.24) is 5.32 Å². The van der Waals surface area contributed by atoms with Crippen LogP contribution in [0.25, 0.3) is 11.1 Å². The van der Waals surface area contributed by atoms with E-state index in [4.69, 9.17) is 56.8 Å². The maximum absolute atomic E-state index is 12.3. The zero-order chi connectivity index (χ0) is 41.5.